The van der Waals surface area contributed by atoms with Crippen LogP contribution in [0.2, 0.25) is 0 Å². The van der Waals surface area contributed by atoms with Crippen molar-refractivity contribution >= 4 is 11.3 Å². The van der Waals surface area contributed by atoms with Gasteiger partial charge in [-0.2, -0.15) is 18.3 Å². The fraction of sp³-hybridized carbons (Fsp3) is 0.500. The fourth-order valence-corrected chi connectivity index (χ4v) is 2.77. The first-order chi connectivity index (χ1) is 8.98. The molecular formula is C12H13F3N4. The number of anilines is 1. The highest BCUT2D eigenvalue weighted by molar-refractivity contribution is 5.55. The van der Waals surface area contributed by atoms with Crippen LogP contribution in [0.15, 0.2) is 12.4 Å². The highest BCUT2D eigenvalue weighted by Gasteiger charge is 2.37. The molecule has 2 aromatic rings. The largest absolute Gasteiger partial charge is 0.435 e. The summed E-state index contributed by atoms with van der Waals surface area (Å²) in [6, 6.07) is 0. The van der Waals surface area contributed by atoms with E-state index in [1.807, 2.05) is 0 Å². The van der Waals surface area contributed by atoms with E-state index in [1.54, 1.807) is 0 Å². The van der Waals surface area contributed by atoms with E-state index in [1.165, 1.54) is 6.20 Å². The fourth-order valence-electron chi connectivity index (χ4n) is 2.77. The summed E-state index contributed by atoms with van der Waals surface area (Å²) in [5.74, 6) is 0.259. The van der Waals surface area contributed by atoms with Gasteiger partial charge in [-0.15, -0.1) is 0 Å². The molecule has 2 aromatic heterocycles. The lowest BCUT2D eigenvalue weighted by atomic mass is 10.0. The summed E-state index contributed by atoms with van der Waals surface area (Å²) in [6.07, 6.45) is 2.19. The lowest BCUT2D eigenvalue weighted by Crippen LogP contribution is -2.16. The van der Waals surface area contributed by atoms with Gasteiger partial charge in [-0.25, -0.2) is 9.50 Å². The summed E-state index contributed by atoms with van der Waals surface area (Å²) < 4.78 is 39.8. The predicted molar refractivity (Wildman–Crippen MR) is 63.6 cm³/mol. The van der Waals surface area contributed by atoms with Crippen LogP contribution in [-0.4, -0.2) is 14.6 Å². The van der Waals surface area contributed by atoms with Crippen LogP contribution in [-0.2, 0) is 6.18 Å². The molecule has 102 valence electrons. The molecule has 0 radical (unpaired) electrons. The molecule has 1 aliphatic rings. The van der Waals surface area contributed by atoms with Crippen LogP contribution >= 0.6 is 0 Å². The Morgan fingerprint density at radius 1 is 1.21 bits per heavy atom. The van der Waals surface area contributed by atoms with E-state index < -0.39 is 17.6 Å². The van der Waals surface area contributed by atoms with Crippen LogP contribution in [0.3, 0.4) is 0 Å². The molecule has 19 heavy (non-hydrogen) atoms. The average molecular weight is 270 g/mol. The van der Waals surface area contributed by atoms with Crippen molar-refractivity contribution in [1.82, 2.24) is 14.6 Å². The normalized spacial score (nSPS) is 17.4. The van der Waals surface area contributed by atoms with E-state index in [2.05, 4.69) is 10.1 Å². The Hall–Kier alpha value is -1.79. The minimum Gasteiger partial charge on any atom is -0.396 e. The van der Waals surface area contributed by atoms with Gasteiger partial charge in [0.1, 0.15) is 0 Å². The quantitative estimate of drug-likeness (QED) is 0.866. The van der Waals surface area contributed by atoms with Crippen molar-refractivity contribution in [1.29, 1.82) is 0 Å². The number of rotatable bonds is 1. The Morgan fingerprint density at radius 2 is 1.89 bits per heavy atom. The molecule has 1 saturated carbocycles. The monoisotopic (exact) mass is 270 g/mol. The Morgan fingerprint density at radius 3 is 2.53 bits per heavy atom. The highest BCUT2D eigenvalue weighted by Crippen LogP contribution is 2.38. The zero-order valence-electron chi connectivity index (χ0n) is 10.1. The van der Waals surface area contributed by atoms with Crippen molar-refractivity contribution in [2.24, 2.45) is 0 Å². The van der Waals surface area contributed by atoms with Crippen molar-refractivity contribution in [3.05, 3.63) is 23.7 Å². The maximum Gasteiger partial charge on any atom is 0.435 e. The standard InChI is InChI=1S/C12H13F3N4/c13-12(14,15)10-9(16)6-17-11-8(5-18-19(10)11)7-3-1-2-4-7/h5-7H,1-4,16H2. The van der Waals surface area contributed by atoms with E-state index in [9.17, 15) is 13.2 Å². The molecule has 0 unspecified atom stereocenters. The minimum absolute atomic E-state index is 0.259. The molecule has 1 aliphatic carbocycles. The van der Waals surface area contributed by atoms with Gasteiger partial charge in [-0.1, -0.05) is 12.8 Å². The number of aromatic nitrogens is 3. The molecule has 0 spiro atoms. The Kier molecular flexibility index (Phi) is 2.65. The molecule has 2 heterocycles. The predicted octanol–water partition coefficient (Wildman–Crippen LogP) is 2.99. The van der Waals surface area contributed by atoms with Gasteiger partial charge >= 0.3 is 6.18 Å². The SMILES string of the molecule is Nc1cnc2c(C3CCCC3)cnn2c1C(F)(F)F. The van der Waals surface area contributed by atoms with Crippen LogP contribution in [0.25, 0.3) is 5.65 Å². The first-order valence-electron chi connectivity index (χ1n) is 6.18. The van der Waals surface area contributed by atoms with Crippen molar-refractivity contribution in [2.45, 2.75) is 37.8 Å². The molecule has 0 atom stereocenters. The van der Waals surface area contributed by atoms with Gasteiger partial charge in [0.25, 0.3) is 0 Å². The van der Waals surface area contributed by atoms with Crippen LogP contribution in [0.4, 0.5) is 18.9 Å². The Bertz CT molecular complexity index is 611. The maximum absolute atomic E-state index is 13.0. The average Bonchev–Trinajstić information content (AvgIpc) is 2.93. The summed E-state index contributed by atoms with van der Waals surface area (Å²) in [5.41, 5.74) is 5.11. The lowest BCUT2D eigenvalue weighted by Gasteiger charge is -2.12. The van der Waals surface area contributed by atoms with E-state index in [0.29, 0.717) is 0 Å². The molecule has 0 aromatic carbocycles. The number of hydrogen-bond donors (Lipinski definition) is 1. The summed E-state index contributed by atoms with van der Waals surface area (Å²) in [5, 5.41) is 3.84. The van der Waals surface area contributed by atoms with Crippen molar-refractivity contribution in [3.8, 4) is 0 Å². The molecule has 7 heteroatoms. The number of halogens is 3. The summed E-state index contributed by atoms with van der Waals surface area (Å²) >= 11 is 0. The molecule has 4 nitrogen and oxygen atoms in total. The summed E-state index contributed by atoms with van der Waals surface area (Å²) in [6.45, 7) is 0. The van der Waals surface area contributed by atoms with Crippen molar-refractivity contribution in [2.75, 3.05) is 5.73 Å². The van der Waals surface area contributed by atoms with Gasteiger partial charge in [0.2, 0.25) is 0 Å². The number of hydrogen-bond acceptors (Lipinski definition) is 3. The van der Waals surface area contributed by atoms with Crippen molar-refractivity contribution in [3.63, 3.8) is 0 Å². The van der Waals surface area contributed by atoms with Gasteiger partial charge in [0.05, 0.1) is 18.1 Å². The second kappa shape index (κ2) is 4.11. The summed E-state index contributed by atoms with van der Waals surface area (Å²) in [4.78, 5) is 4.03. The third-order valence-corrected chi connectivity index (χ3v) is 3.65. The van der Waals surface area contributed by atoms with Crippen LogP contribution in [0, 0.1) is 0 Å². The molecular weight excluding hydrogens is 257 g/mol. The maximum atomic E-state index is 13.0. The van der Waals surface area contributed by atoms with E-state index in [4.69, 9.17) is 5.73 Å². The zero-order chi connectivity index (χ0) is 13.6. The Labute approximate surface area is 107 Å². The van der Waals surface area contributed by atoms with Crippen molar-refractivity contribution < 1.29 is 13.2 Å². The van der Waals surface area contributed by atoms with E-state index in [-0.39, 0.29) is 11.6 Å². The van der Waals surface area contributed by atoms with Crippen LogP contribution in [0.5, 0.6) is 0 Å². The second-order valence-corrected chi connectivity index (χ2v) is 4.88. The molecule has 0 aliphatic heterocycles. The topological polar surface area (TPSA) is 56.2 Å². The zero-order valence-corrected chi connectivity index (χ0v) is 10.1. The first kappa shape index (κ1) is 12.3. The van der Waals surface area contributed by atoms with Gasteiger partial charge < -0.3 is 5.73 Å². The minimum atomic E-state index is -4.54. The second-order valence-electron chi connectivity index (χ2n) is 4.88. The highest BCUT2D eigenvalue weighted by atomic mass is 19.4. The van der Waals surface area contributed by atoms with Gasteiger partial charge in [0, 0.05) is 5.56 Å². The number of alkyl halides is 3. The number of nitrogens with two attached hydrogens (primary N) is 1. The van der Waals surface area contributed by atoms with E-state index >= 15 is 0 Å². The Balaban J connectivity index is 2.20. The van der Waals surface area contributed by atoms with Gasteiger partial charge in [-0.05, 0) is 18.8 Å². The molecule has 0 amide bonds. The van der Waals surface area contributed by atoms with Gasteiger partial charge in [-0.3, -0.25) is 0 Å². The number of nitrogens with zero attached hydrogens (tertiary/aromatic N) is 3. The first-order valence-corrected chi connectivity index (χ1v) is 6.18. The third-order valence-electron chi connectivity index (χ3n) is 3.65. The number of fused-ring (bicyclic) bond motifs is 1. The molecule has 3 rings (SSSR count). The molecule has 2 N–H and O–H groups in total. The third kappa shape index (κ3) is 1.93. The molecule has 0 bridgehead atoms. The molecule has 1 fully saturated rings. The van der Waals surface area contributed by atoms with Crippen LogP contribution in [0.1, 0.15) is 42.9 Å². The smallest absolute Gasteiger partial charge is 0.396 e. The molecule has 0 saturated heterocycles. The van der Waals surface area contributed by atoms with Gasteiger partial charge in [0.15, 0.2) is 11.3 Å². The van der Waals surface area contributed by atoms with Crippen LogP contribution < -0.4 is 5.73 Å². The summed E-state index contributed by atoms with van der Waals surface area (Å²) in [7, 11) is 0. The number of nitrogen functional groups attached to an aromatic ring is 1. The lowest BCUT2D eigenvalue weighted by molar-refractivity contribution is -0.141. The van der Waals surface area contributed by atoms with E-state index in [0.717, 1.165) is 42.0 Å².